The van der Waals surface area contributed by atoms with Crippen molar-refractivity contribution < 1.29 is 9.90 Å². The minimum Gasteiger partial charge on any atom is -0.478 e. The van der Waals surface area contributed by atoms with E-state index in [9.17, 15) is 9.90 Å². The van der Waals surface area contributed by atoms with Crippen molar-refractivity contribution in [3.8, 4) is 0 Å². The van der Waals surface area contributed by atoms with Crippen molar-refractivity contribution in [3.63, 3.8) is 0 Å². The molecule has 0 bridgehead atoms. The summed E-state index contributed by atoms with van der Waals surface area (Å²) in [5, 5.41) is 9.38. The zero-order valence-corrected chi connectivity index (χ0v) is 11.9. The van der Waals surface area contributed by atoms with Crippen LogP contribution < -0.4 is 4.90 Å². The van der Waals surface area contributed by atoms with Crippen LogP contribution in [-0.4, -0.2) is 29.1 Å². The first-order valence-electron chi connectivity index (χ1n) is 6.97. The average Bonchev–Trinajstić information content (AvgIpc) is 2.83. The van der Waals surface area contributed by atoms with Gasteiger partial charge in [-0.3, -0.25) is 0 Å². The molecule has 1 aromatic rings. The number of anilines is 1. The van der Waals surface area contributed by atoms with Crippen LogP contribution in [0.5, 0.6) is 0 Å². The van der Waals surface area contributed by atoms with E-state index >= 15 is 0 Å². The van der Waals surface area contributed by atoms with Gasteiger partial charge in [-0.1, -0.05) is 13.8 Å². The third-order valence-corrected chi connectivity index (χ3v) is 4.59. The molecular weight excluding hydrogens is 240 g/mol. The number of nitrogens with zero attached hydrogens (tertiary/aromatic N) is 2. The zero-order valence-electron chi connectivity index (χ0n) is 11.9. The molecule has 0 atom stereocenters. The summed E-state index contributed by atoms with van der Waals surface area (Å²) in [6.45, 7) is 8.08. The van der Waals surface area contributed by atoms with Gasteiger partial charge in [0.15, 0.2) is 0 Å². The van der Waals surface area contributed by atoms with Gasteiger partial charge in [0, 0.05) is 19.3 Å². The van der Waals surface area contributed by atoms with Gasteiger partial charge in [0.2, 0.25) is 0 Å². The fraction of sp³-hybridized carbons (Fsp3) is 0.600. The van der Waals surface area contributed by atoms with Gasteiger partial charge < -0.3 is 10.0 Å². The Balaban J connectivity index is 2.34. The minimum atomic E-state index is -0.883. The lowest BCUT2D eigenvalue weighted by Gasteiger charge is -2.27. The molecule has 1 N–H and O–H groups in total. The summed E-state index contributed by atoms with van der Waals surface area (Å²) < 4.78 is 0. The third kappa shape index (κ3) is 2.44. The molecule has 0 spiro atoms. The molecule has 0 saturated carbocycles. The molecule has 4 nitrogen and oxygen atoms in total. The molecule has 1 aliphatic rings. The number of pyridine rings is 1. The topological polar surface area (TPSA) is 53.4 Å². The van der Waals surface area contributed by atoms with Crippen LogP contribution in [0.2, 0.25) is 0 Å². The zero-order chi connectivity index (χ0) is 14.0. The Morgan fingerprint density at radius 3 is 2.68 bits per heavy atom. The normalized spacial score (nSPS) is 17.7. The second kappa shape index (κ2) is 5.19. The lowest BCUT2D eigenvalue weighted by molar-refractivity contribution is 0.0696. The number of aryl methyl sites for hydroxylation is 1. The van der Waals surface area contributed by atoms with Crippen LogP contribution in [0.25, 0.3) is 0 Å². The quantitative estimate of drug-likeness (QED) is 0.906. The highest BCUT2D eigenvalue weighted by atomic mass is 16.4. The lowest BCUT2D eigenvalue weighted by Crippen LogP contribution is -2.28. The van der Waals surface area contributed by atoms with E-state index in [1.165, 1.54) is 0 Å². The number of carboxylic acids is 1. The summed E-state index contributed by atoms with van der Waals surface area (Å²) in [6, 6.07) is 1.76. The van der Waals surface area contributed by atoms with Crippen LogP contribution in [0, 0.1) is 12.3 Å². The van der Waals surface area contributed by atoms with Crippen LogP contribution >= 0.6 is 0 Å². The summed E-state index contributed by atoms with van der Waals surface area (Å²) in [5.74, 6) is -0.248. The van der Waals surface area contributed by atoms with E-state index in [1.807, 2.05) is 6.92 Å². The summed E-state index contributed by atoms with van der Waals surface area (Å²) in [7, 11) is 0. The highest BCUT2D eigenvalue weighted by Gasteiger charge is 2.36. The van der Waals surface area contributed by atoms with E-state index in [4.69, 9.17) is 0 Å². The fourth-order valence-corrected chi connectivity index (χ4v) is 2.99. The molecule has 0 amide bonds. The lowest BCUT2D eigenvalue weighted by atomic mass is 9.82. The van der Waals surface area contributed by atoms with Gasteiger partial charge in [0.25, 0.3) is 0 Å². The van der Waals surface area contributed by atoms with Gasteiger partial charge in [0.1, 0.15) is 11.4 Å². The molecule has 1 aliphatic heterocycles. The Hall–Kier alpha value is -1.58. The van der Waals surface area contributed by atoms with Gasteiger partial charge in [-0.2, -0.15) is 0 Å². The molecule has 1 fully saturated rings. The number of aromatic nitrogens is 1. The first kappa shape index (κ1) is 13.8. The Morgan fingerprint density at radius 1 is 1.47 bits per heavy atom. The molecule has 0 unspecified atom stereocenters. The van der Waals surface area contributed by atoms with E-state index in [1.54, 1.807) is 12.3 Å². The Kier molecular flexibility index (Phi) is 3.78. The predicted molar refractivity (Wildman–Crippen MR) is 75.8 cm³/mol. The van der Waals surface area contributed by atoms with Gasteiger partial charge in [-0.05, 0) is 43.2 Å². The number of hydrogen-bond acceptors (Lipinski definition) is 3. The summed E-state index contributed by atoms with van der Waals surface area (Å²) in [4.78, 5) is 17.9. The van der Waals surface area contributed by atoms with Crippen LogP contribution in [0.3, 0.4) is 0 Å². The summed E-state index contributed by atoms with van der Waals surface area (Å²) in [6.07, 6.45) is 5.09. The molecular formula is C15H22N2O2. The number of carbonyl (C=O) groups is 1. The minimum absolute atomic E-state index is 0.321. The molecule has 4 heteroatoms. The fourth-order valence-electron chi connectivity index (χ4n) is 2.99. The van der Waals surface area contributed by atoms with Crippen molar-refractivity contribution >= 4 is 11.8 Å². The molecule has 1 aromatic heterocycles. The maximum Gasteiger partial charge on any atom is 0.339 e. The van der Waals surface area contributed by atoms with Crippen LogP contribution in [0.1, 0.15) is 49.0 Å². The van der Waals surface area contributed by atoms with Crippen molar-refractivity contribution in [2.75, 3.05) is 18.0 Å². The second-order valence-corrected chi connectivity index (χ2v) is 5.51. The second-order valence-electron chi connectivity index (χ2n) is 5.51. The van der Waals surface area contributed by atoms with Crippen LogP contribution in [-0.2, 0) is 0 Å². The van der Waals surface area contributed by atoms with E-state index in [-0.39, 0.29) is 0 Å². The van der Waals surface area contributed by atoms with Gasteiger partial charge >= 0.3 is 5.97 Å². The highest BCUT2D eigenvalue weighted by Crippen LogP contribution is 2.39. The van der Waals surface area contributed by atoms with Crippen molar-refractivity contribution in [2.45, 2.75) is 40.0 Å². The highest BCUT2D eigenvalue weighted by molar-refractivity contribution is 5.95. The van der Waals surface area contributed by atoms with E-state index < -0.39 is 5.97 Å². The predicted octanol–water partition coefficient (Wildman–Crippen LogP) is 3.10. The van der Waals surface area contributed by atoms with Gasteiger partial charge in [0.05, 0.1) is 0 Å². The monoisotopic (exact) mass is 262 g/mol. The first-order chi connectivity index (χ1) is 9.03. The van der Waals surface area contributed by atoms with Gasteiger partial charge in [-0.25, -0.2) is 9.78 Å². The molecule has 2 rings (SSSR count). The smallest absolute Gasteiger partial charge is 0.339 e. The van der Waals surface area contributed by atoms with E-state index in [0.29, 0.717) is 16.8 Å². The number of rotatable bonds is 4. The molecule has 0 aliphatic carbocycles. The maximum atomic E-state index is 11.4. The number of carboxylic acid groups (broad SMARTS) is 1. The van der Waals surface area contributed by atoms with Gasteiger partial charge in [-0.15, -0.1) is 0 Å². The summed E-state index contributed by atoms with van der Waals surface area (Å²) in [5.41, 5.74) is 1.45. The molecule has 2 heterocycles. The van der Waals surface area contributed by atoms with Crippen molar-refractivity contribution in [1.82, 2.24) is 4.98 Å². The van der Waals surface area contributed by atoms with E-state index in [2.05, 4.69) is 23.7 Å². The van der Waals surface area contributed by atoms with Crippen LogP contribution in [0.4, 0.5) is 5.82 Å². The average molecular weight is 262 g/mol. The summed E-state index contributed by atoms with van der Waals surface area (Å²) >= 11 is 0. The molecule has 0 aromatic carbocycles. The number of hydrogen-bond donors (Lipinski definition) is 1. The van der Waals surface area contributed by atoms with Crippen LogP contribution in [0.15, 0.2) is 12.3 Å². The number of aromatic carboxylic acids is 1. The van der Waals surface area contributed by atoms with Crippen molar-refractivity contribution in [1.29, 1.82) is 0 Å². The molecule has 0 radical (unpaired) electrons. The standard InChI is InChI=1S/C15H22N2O2/c1-4-15(5-2)7-9-17(10-15)13-12(14(18)19)11(3)6-8-16-13/h6,8H,4-5,7,9-10H2,1-3H3,(H,18,19). The molecule has 19 heavy (non-hydrogen) atoms. The Labute approximate surface area is 114 Å². The molecule has 104 valence electrons. The van der Waals surface area contributed by atoms with E-state index in [0.717, 1.165) is 37.9 Å². The largest absolute Gasteiger partial charge is 0.478 e. The van der Waals surface area contributed by atoms with Crippen molar-refractivity contribution in [3.05, 3.63) is 23.4 Å². The van der Waals surface area contributed by atoms with Crippen molar-refractivity contribution in [2.24, 2.45) is 5.41 Å². The maximum absolute atomic E-state index is 11.4. The first-order valence-corrected chi connectivity index (χ1v) is 6.97. The Morgan fingerprint density at radius 2 is 2.16 bits per heavy atom. The SMILES string of the molecule is CCC1(CC)CCN(c2nccc(C)c2C(=O)O)C1. The third-order valence-electron chi connectivity index (χ3n) is 4.59. The Bertz CT molecular complexity index is 481. The molecule has 1 saturated heterocycles.